The summed E-state index contributed by atoms with van der Waals surface area (Å²) in [6, 6.07) is 3.48. The summed E-state index contributed by atoms with van der Waals surface area (Å²) in [4.78, 5) is 4.19. The van der Waals surface area contributed by atoms with E-state index >= 15 is 0 Å². The third-order valence-electron chi connectivity index (χ3n) is 2.89. The van der Waals surface area contributed by atoms with Crippen molar-refractivity contribution >= 4 is 0 Å². The summed E-state index contributed by atoms with van der Waals surface area (Å²) < 4.78 is 31.1. The van der Waals surface area contributed by atoms with Crippen molar-refractivity contribution in [2.75, 3.05) is 6.54 Å². The van der Waals surface area contributed by atoms with E-state index in [1.54, 1.807) is 0 Å². The van der Waals surface area contributed by atoms with E-state index in [-0.39, 0.29) is 11.7 Å². The van der Waals surface area contributed by atoms with Gasteiger partial charge in [-0.05, 0) is 24.6 Å². The molecule has 2 aromatic rings. The molecule has 4 nitrogen and oxygen atoms in total. The molecule has 6 heteroatoms. The van der Waals surface area contributed by atoms with Crippen LogP contribution in [0.1, 0.15) is 31.6 Å². The van der Waals surface area contributed by atoms with Gasteiger partial charge in [0.1, 0.15) is 0 Å². The third kappa shape index (κ3) is 2.96. The predicted molar refractivity (Wildman–Crippen MR) is 66.4 cm³/mol. The highest BCUT2D eigenvalue weighted by Gasteiger charge is 2.18. The summed E-state index contributed by atoms with van der Waals surface area (Å²) in [7, 11) is 0. The lowest BCUT2D eigenvalue weighted by Gasteiger charge is -2.06. The van der Waals surface area contributed by atoms with Gasteiger partial charge in [0, 0.05) is 12.1 Å². The molecule has 0 saturated carbocycles. The molecule has 1 unspecified atom stereocenters. The van der Waals surface area contributed by atoms with Crippen LogP contribution >= 0.6 is 0 Å². The van der Waals surface area contributed by atoms with Gasteiger partial charge >= 0.3 is 0 Å². The summed E-state index contributed by atoms with van der Waals surface area (Å²) >= 11 is 0. The van der Waals surface area contributed by atoms with Crippen LogP contribution in [0.25, 0.3) is 11.4 Å². The molecule has 0 aliphatic rings. The average molecular weight is 267 g/mol. The van der Waals surface area contributed by atoms with Gasteiger partial charge in [-0.25, -0.2) is 8.78 Å². The smallest absolute Gasteiger partial charge is 0.231 e. The Morgan fingerprint density at radius 2 is 2.11 bits per heavy atom. The van der Waals surface area contributed by atoms with E-state index < -0.39 is 11.6 Å². The molecule has 0 aliphatic carbocycles. The fourth-order valence-corrected chi connectivity index (χ4v) is 1.84. The van der Waals surface area contributed by atoms with Gasteiger partial charge < -0.3 is 10.3 Å². The predicted octanol–water partition coefficient (Wildman–Crippen LogP) is 2.86. The maximum atomic E-state index is 13.1. The van der Waals surface area contributed by atoms with E-state index in [4.69, 9.17) is 10.3 Å². The summed E-state index contributed by atoms with van der Waals surface area (Å²) in [6.45, 7) is 2.45. The minimum Gasteiger partial charge on any atom is -0.339 e. The van der Waals surface area contributed by atoms with Crippen molar-refractivity contribution in [3.63, 3.8) is 0 Å². The first-order valence-corrected chi connectivity index (χ1v) is 6.14. The Bertz CT molecular complexity index is 557. The van der Waals surface area contributed by atoms with E-state index in [9.17, 15) is 8.78 Å². The van der Waals surface area contributed by atoms with Gasteiger partial charge in [-0.2, -0.15) is 4.98 Å². The number of nitrogens with zero attached hydrogens (tertiary/aromatic N) is 2. The highest BCUT2D eigenvalue weighted by molar-refractivity contribution is 5.54. The second-order valence-electron chi connectivity index (χ2n) is 4.31. The highest BCUT2D eigenvalue weighted by atomic mass is 19.2. The minimum absolute atomic E-state index is 0.00320. The number of aromatic nitrogens is 2. The fraction of sp³-hybridized carbons (Fsp3) is 0.385. The van der Waals surface area contributed by atoms with Gasteiger partial charge in [-0.15, -0.1) is 0 Å². The molecule has 0 amide bonds. The number of nitrogens with two attached hydrogens (primary N) is 1. The molecule has 1 heterocycles. The molecular weight excluding hydrogens is 252 g/mol. The third-order valence-corrected chi connectivity index (χ3v) is 2.89. The van der Waals surface area contributed by atoms with Gasteiger partial charge in [-0.3, -0.25) is 0 Å². The Hall–Kier alpha value is -1.82. The summed E-state index contributed by atoms with van der Waals surface area (Å²) in [5.74, 6) is -1.17. The Morgan fingerprint density at radius 1 is 1.32 bits per heavy atom. The number of halogens is 2. The van der Waals surface area contributed by atoms with Gasteiger partial charge in [-0.1, -0.05) is 18.5 Å². The van der Waals surface area contributed by atoms with Crippen molar-refractivity contribution in [3.05, 3.63) is 35.7 Å². The molecular formula is C13H15F2N3O. The quantitative estimate of drug-likeness (QED) is 0.904. The van der Waals surface area contributed by atoms with Crippen molar-refractivity contribution in [3.8, 4) is 11.4 Å². The molecule has 1 aromatic carbocycles. The highest BCUT2D eigenvalue weighted by Crippen LogP contribution is 2.23. The maximum Gasteiger partial charge on any atom is 0.231 e. The summed E-state index contributed by atoms with van der Waals surface area (Å²) in [5, 5.41) is 3.78. The Morgan fingerprint density at radius 3 is 2.74 bits per heavy atom. The van der Waals surface area contributed by atoms with Crippen LogP contribution in [0.5, 0.6) is 0 Å². The van der Waals surface area contributed by atoms with Gasteiger partial charge in [0.25, 0.3) is 0 Å². The van der Waals surface area contributed by atoms with Crippen LogP contribution in [0, 0.1) is 11.6 Å². The van der Waals surface area contributed by atoms with E-state index in [1.807, 2.05) is 6.92 Å². The topological polar surface area (TPSA) is 64.9 Å². The van der Waals surface area contributed by atoms with E-state index in [0.717, 1.165) is 25.0 Å². The average Bonchev–Trinajstić information content (AvgIpc) is 2.88. The van der Waals surface area contributed by atoms with E-state index in [0.29, 0.717) is 18.0 Å². The van der Waals surface area contributed by atoms with Crippen LogP contribution in [0.3, 0.4) is 0 Å². The Labute approximate surface area is 109 Å². The molecule has 2 rings (SSSR count). The molecule has 1 atom stereocenters. The molecule has 0 radical (unpaired) electrons. The first-order chi connectivity index (χ1) is 9.15. The van der Waals surface area contributed by atoms with Gasteiger partial charge in [0.2, 0.25) is 11.7 Å². The molecule has 2 N–H and O–H groups in total. The molecule has 1 aromatic heterocycles. The number of rotatable bonds is 5. The van der Waals surface area contributed by atoms with Crippen LogP contribution in [0.15, 0.2) is 22.7 Å². The first kappa shape index (κ1) is 13.6. The molecule has 0 spiro atoms. The van der Waals surface area contributed by atoms with Crippen LogP contribution in [0.4, 0.5) is 8.78 Å². The van der Waals surface area contributed by atoms with Crippen molar-refractivity contribution in [1.29, 1.82) is 0 Å². The lowest BCUT2D eigenvalue weighted by Crippen LogP contribution is -2.12. The van der Waals surface area contributed by atoms with E-state index in [2.05, 4.69) is 10.1 Å². The maximum absolute atomic E-state index is 13.1. The molecule has 0 fully saturated rings. The minimum atomic E-state index is -0.937. The number of hydrogen-bond acceptors (Lipinski definition) is 4. The molecule has 0 saturated heterocycles. The van der Waals surface area contributed by atoms with Crippen molar-refractivity contribution in [2.24, 2.45) is 5.73 Å². The SMILES string of the molecule is CCCC(CN)c1nc(-c2ccc(F)c(F)c2)no1. The Kier molecular flexibility index (Phi) is 4.21. The molecule has 0 aliphatic heterocycles. The largest absolute Gasteiger partial charge is 0.339 e. The van der Waals surface area contributed by atoms with Gasteiger partial charge in [0.05, 0.1) is 5.92 Å². The molecule has 102 valence electrons. The zero-order valence-corrected chi connectivity index (χ0v) is 10.6. The van der Waals surface area contributed by atoms with Crippen LogP contribution in [-0.2, 0) is 0 Å². The second-order valence-corrected chi connectivity index (χ2v) is 4.31. The lowest BCUT2D eigenvalue weighted by molar-refractivity contribution is 0.347. The molecule has 0 bridgehead atoms. The number of benzene rings is 1. The fourth-order valence-electron chi connectivity index (χ4n) is 1.84. The second kappa shape index (κ2) is 5.88. The van der Waals surface area contributed by atoms with E-state index in [1.165, 1.54) is 6.07 Å². The zero-order valence-electron chi connectivity index (χ0n) is 10.6. The van der Waals surface area contributed by atoms with Crippen molar-refractivity contribution in [2.45, 2.75) is 25.7 Å². The van der Waals surface area contributed by atoms with Crippen LogP contribution < -0.4 is 5.73 Å². The van der Waals surface area contributed by atoms with Gasteiger partial charge in [0.15, 0.2) is 11.6 Å². The monoisotopic (exact) mass is 267 g/mol. The molecule has 19 heavy (non-hydrogen) atoms. The van der Waals surface area contributed by atoms with Crippen LogP contribution in [0.2, 0.25) is 0 Å². The lowest BCUT2D eigenvalue weighted by atomic mass is 10.0. The standard InChI is InChI=1S/C13H15F2N3O/c1-2-3-9(7-16)13-17-12(18-19-13)8-4-5-10(14)11(15)6-8/h4-6,9H,2-3,7,16H2,1H3. The normalized spacial score (nSPS) is 12.6. The zero-order chi connectivity index (χ0) is 13.8. The number of hydrogen-bond donors (Lipinski definition) is 1. The van der Waals surface area contributed by atoms with Crippen LogP contribution in [-0.4, -0.2) is 16.7 Å². The Balaban J connectivity index is 2.27. The summed E-state index contributed by atoms with van der Waals surface area (Å²) in [5.41, 5.74) is 6.02. The van der Waals surface area contributed by atoms with Crippen molar-refractivity contribution < 1.29 is 13.3 Å². The summed E-state index contributed by atoms with van der Waals surface area (Å²) in [6.07, 6.45) is 1.79. The first-order valence-electron chi connectivity index (χ1n) is 6.14. The van der Waals surface area contributed by atoms with Crippen molar-refractivity contribution in [1.82, 2.24) is 10.1 Å².